The van der Waals surface area contributed by atoms with Crippen molar-refractivity contribution in [3.8, 4) is 27.4 Å². The minimum atomic E-state index is 0.213. The van der Waals surface area contributed by atoms with Crippen LogP contribution in [0.15, 0.2) is 30.6 Å². The van der Waals surface area contributed by atoms with Gasteiger partial charge >= 0.3 is 0 Å². The summed E-state index contributed by atoms with van der Waals surface area (Å²) in [5.74, 6) is 0.213. The first-order chi connectivity index (χ1) is 13.7. The van der Waals surface area contributed by atoms with E-state index in [4.69, 9.17) is 9.97 Å². The second-order valence-electron chi connectivity index (χ2n) is 7.09. The SMILES string of the molecule is CN1CCC(Nc2nc3sc(-c4ccc(-c5cn[nH]c5)cc4O)nc3s2)CC1. The standard InChI is InChI=1S/C19H20N6OS2/c1-25-6-4-13(5-7-25)22-19-24-18-17(28-19)23-16(27-18)14-3-2-11(8-15(14)26)12-9-20-21-10-12/h2-3,8-10,13,26H,4-7H2,1H3,(H,20,21)(H,22,24). The van der Waals surface area contributed by atoms with Crippen LogP contribution in [0.4, 0.5) is 5.13 Å². The fraction of sp³-hybridized carbons (Fsp3) is 0.316. The number of phenolic OH excluding ortho intramolecular Hbond substituents is 1. The number of anilines is 1. The number of fused-ring (bicyclic) bond motifs is 1. The first-order valence-electron chi connectivity index (χ1n) is 9.21. The summed E-state index contributed by atoms with van der Waals surface area (Å²) in [4.78, 5) is 13.6. The average Bonchev–Trinajstić information content (AvgIpc) is 3.40. The van der Waals surface area contributed by atoms with E-state index < -0.39 is 0 Å². The highest BCUT2D eigenvalue weighted by atomic mass is 32.1. The molecule has 9 heteroatoms. The zero-order valence-corrected chi connectivity index (χ0v) is 17.0. The van der Waals surface area contributed by atoms with Crippen LogP contribution in [0.1, 0.15) is 12.8 Å². The third-order valence-electron chi connectivity index (χ3n) is 5.08. The van der Waals surface area contributed by atoms with E-state index >= 15 is 0 Å². The Bertz CT molecular complexity index is 1060. The fourth-order valence-corrected chi connectivity index (χ4v) is 5.50. The molecule has 0 unspecified atom stereocenters. The monoisotopic (exact) mass is 412 g/mol. The van der Waals surface area contributed by atoms with Crippen LogP contribution in [0.5, 0.6) is 5.75 Å². The van der Waals surface area contributed by atoms with Gasteiger partial charge in [0.05, 0.1) is 11.8 Å². The summed E-state index contributed by atoms with van der Waals surface area (Å²) in [6.45, 7) is 2.24. The molecule has 0 atom stereocenters. The predicted octanol–water partition coefficient (Wildman–Crippen LogP) is 4.02. The van der Waals surface area contributed by atoms with E-state index in [-0.39, 0.29) is 5.75 Å². The summed E-state index contributed by atoms with van der Waals surface area (Å²) in [6, 6.07) is 6.10. The number of piperidine rings is 1. The van der Waals surface area contributed by atoms with Crippen molar-refractivity contribution in [3.63, 3.8) is 0 Å². The normalized spacial score (nSPS) is 16.0. The highest BCUT2D eigenvalue weighted by Crippen LogP contribution is 2.39. The van der Waals surface area contributed by atoms with Gasteiger partial charge in [0.2, 0.25) is 0 Å². The lowest BCUT2D eigenvalue weighted by molar-refractivity contribution is 0.264. The summed E-state index contributed by atoms with van der Waals surface area (Å²) in [7, 11) is 2.16. The van der Waals surface area contributed by atoms with Crippen LogP contribution in [-0.4, -0.2) is 56.4 Å². The Morgan fingerprint density at radius 2 is 1.96 bits per heavy atom. The van der Waals surface area contributed by atoms with Crippen LogP contribution in [0, 0.1) is 0 Å². The largest absolute Gasteiger partial charge is 0.507 e. The summed E-state index contributed by atoms with van der Waals surface area (Å²) in [5, 5.41) is 22.5. The van der Waals surface area contributed by atoms with E-state index in [2.05, 4.69) is 27.5 Å². The highest BCUT2D eigenvalue weighted by Gasteiger charge is 2.19. The molecule has 0 bridgehead atoms. The van der Waals surface area contributed by atoms with Crippen molar-refractivity contribution in [3.05, 3.63) is 30.6 Å². The minimum Gasteiger partial charge on any atom is -0.507 e. The van der Waals surface area contributed by atoms with Gasteiger partial charge in [-0.1, -0.05) is 28.7 Å². The third-order valence-corrected chi connectivity index (χ3v) is 7.07. The Balaban J connectivity index is 1.36. The average molecular weight is 413 g/mol. The van der Waals surface area contributed by atoms with Gasteiger partial charge in [0, 0.05) is 17.8 Å². The smallest absolute Gasteiger partial charge is 0.186 e. The molecular formula is C19H20N6OS2. The number of aromatic nitrogens is 4. The van der Waals surface area contributed by atoms with E-state index in [1.54, 1.807) is 29.8 Å². The fourth-order valence-electron chi connectivity index (χ4n) is 3.45. The molecule has 4 aromatic rings. The lowest BCUT2D eigenvalue weighted by Crippen LogP contribution is -2.36. The summed E-state index contributed by atoms with van der Waals surface area (Å²) >= 11 is 3.10. The molecule has 0 saturated carbocycles. The molecular weight excluding hydrogens is 392 g/mol. The zero-order valence-electron chi connectivity index (χ0n) is 15.3. The molecule has 0 radical (unpaired) electrons. The van der Waals surface area contributed by atoms with Crippen molar-refractivity contribution in [1.82, 2.24) is 25.1 Å². The lowest BCUT2D eigenvalue weighted by Gasteiger charge is -2.29. The number of nitrogens with one attached hydrogen (secondary N) is 2. The molecule has 5 rings (SSSR count). The van der Waals surface area contributed by atoms with E-state index in [0.29, 0.717) is 6.04 Å². The predicted molar refractivity (Wildman–Crippen MR) is 114 cm³/mol. The number of hydrogen-bond donors (Lipinski definition) is 3. The summed E-state index contributed by atoms with van der Waals surface area (Å²) in [5.41, 5.74) is 2.58. The van der Waals surface area contributed by atoms with E-state index in [1.165, 1.54) is 11.3 Å². The van der Waals surface area contributed by atoms with E-state index in [0.717, 1.165) is 62.4 Å². The van der Waals surface area contributed by atoms with Gasteiger partial charge in [-0.15, -0.1) is 0 Å². The summed E-state index contributed by atoms with van der Waals surface area (Å²) < 4.78 is 0. The summed E-state index contributed by atoms with van der Waals surface area (Å²) in [6.07, 6.45) is 5.81. The Labute approximate surface area is 170 Å². The Kier molecular flexibility index (Phi) is 4.50. The van der Waals surface area contributed by atoms with Gasteiger partial charge in [-0.25, -0.2) is 9.97 Å². The Morgan fingerprint density at radius 1 is 1.14 bits per heavy atom. The molecule has 0 amide bonds. The first kappa shape index (κ1) is 17.6. The second-order valence-corrected chi connectivity index (χ2v) is 9.04. The number of thiazole rings is 2. The van der Waals surface area contributed by atoms with Crippen LogP contribution < -0.4 is 5.32 Å². The van der Waals surface area contributed by atoms with Crippen LogP contribution in [0.2, 0.25) is 0 Å². The molecule has 1 aliphatic rings. The van der Waals surface area contributed by atoms with E-state index in [1.807, 2.05) is 12.1 Å². The van der Waals surface area contributed by atoms with Crippen molar-refractivity contribution in [2.75, 3.05) is 25.5 Å². The van der Waals surface area contributed by atoms with Crippen molar-refractivity contribution >= 4 is 37.5 Å². The van der Waals surface area contributed by atoms with Gasteiger partial charge in [0.25, 0.3) is 0 Å². The topological polar surface area (TPSA) is 90.0 Å². The highest BCUT2D eigenvalue weighted by molar-refractivity contribution is 7.29. The molecule has 1 fully saturated rings. The molecule has 7 nitrogen and oxygen atoms in total. The van der Waals surface area contributed by atoms with Crippen LogP contribution in [0.3, 0.4) is 0 Å². The van der Waals surface area contributed by atoms with Crippen LogP contribution >= 0.6 is 22.7 Å². The Morgan fingerprint density at radius 3 is 2.68 bits per heavy atom. The van der Waals surface area contributed by atoms with Crippen molar-refractivity contribution < 1.29 is 5.11 Å². The lowest BCUT2D eigenvalue weighted by atomic mass is 10.1. The molecule has 144 valence electrons. The maximum absolute atomic E-state index is 10.5. The van der Waals surface area contributed by atoms with Crippen LogP contribution in [-0.2, 0) is 0 Å². The zero-order chi connectivity index (χ0) is 19.1. The molecule has 3 N–H and O–H groups in total. The number of benzene rings is 1. The number of aromatic hydroxyl groups is 1. The minimum absolute atomic E-state index is 0.213. The Hall–Kier alpha value is -2.49. The number of phenols is 1. The molecule has 1 saturated heterocycles. The molecule has 28 heavy (non-hydrogen) atoms. The van der Waals surface area contributed by atoms with Gasteiger partial charge < -0.3 is 15.3 Å². The van der Waals surface area contributed by atoms with Crippen molar-refractivity contribution in [2.24, 2.45) is 0 Å². The molecule has 3 aromatic heterocycles. The van der Waals surface area contributed by atoms with Gasteiger partial charge in [-0.3, -0.25) is 5.10 Å². The van der Waals surface area contributed by atoms with E-state index in [9.17, 15) is 5.11 Å². The maximum atomic E-state index is 10.5. The maximum Gasteiger partial charge on any atom is 0.186 e. The number of rotatable bonds is 4. The van der Waals surface area contributed by atoms with Gasteiger partial charge in [-0.2, -0.15) is 5.10 Å². The molecule has 0 aliphatic carbocycles. The third kappa shape index (κ3) is 3.36. The van der Waals surface area contributed by atoms with Crippen molar-refractivity contribution in [2.45, 2.75) is 18.9 Å². The number of aromatic amines is 1. The molecule has 0 spiro atoms. The number of hydrogen-bond acceptors (Lipinski definition) is 8. The van der Waals surface area contributed by atoms with Crippen molar-refractivity contribution in [1.29, 1.82) is 0 Å². The number of nitrogens with zero attached hydrogens (tertiary/aromatic N) is 4. The second kappa shape index (κ2) is 7.16. The molecule has 4 heterocycles. The molecule has 1 aromatic carbocycles. The van der Waals surface area contributed by atoms with Gasteiger partial charge in [0.1, 0.15) is 10.8 Å². The van der Waals surface area contributed by atoms with Gasteiger partial charge in [0.15, 0.2) is 14.8 Å². The quantitative estimate of drug-likeness (QED) is 0.469. The van der Waals surface area contributed by atoms with Gasteiger partial charge in [-0.05, 0) is 50.7 Å². The number of likely N-dealkylation sites (tertiary alicyclic amines) is 1. The molecule has 1 aliphatic heterocycles. The van der Waals surface area contributed by atoms with Crippen LogP contribution in [0.25, 0.3) is 31.4 Å². The first-order valence-corrected chi connectivity index (χ1v) is 10.8. The number of H-pyrrole nitrogens is 1.